The van der Waals surface area contributed by atoms with E-state index >= 15 is 0 Å². The van der Waals surface area contributed by atoms with Gasteiger partial charge in [0.1, 0.15) is 12.2 Å². The van der Waals surface area contributed by atoms with Crippen molar-refractivity contribution >= 4 is 17.7 Å². The summed E-state index contributed by atoms with van der Waals surface area (Å²) in [6.07, 6.45) is 1.21. The van der Waals surface area contributed by atoms with E-state index in [-0.39, 0.29) is 18.1 Å². The molecule has 2 heterocycles. The molecule has 0 saturated heterocycles. The Morgan fingerprint density at radius 1 is 1.43 bits per heavy atom. The molecule has 0 aliphatic heterocycles. The third kappa shape index (κ3) is 3.05. The molecule has 2 rings (SSSR count). The molecule has 2 aromatic rings. The van der Waals surface area contributed by atoms with Crippen molar-refractivity contribution in [2.75, 3.05) is 5.32 Å². The van der Waals surface area contributed by atoms with Gasteiger partial charge in [0, 0.05) is 25.4 Å². The van der Waals surface area contributed by atoms with E-state index in [2.05, 4.69) is 15.5 Å². The van der Waals surface area contributed by atoms with Crippen molar-refractivity contribution in [3.05, 3.63) is 44.9 Å². The molecule has 0 aliphatic carbocycles. The van der Waals surface area contributed by atoms with Gasteiger partial charge in [-0.2, -0.15) is 5.10 Å². The predicted molar refractivity (Wildman–Crippen MR) is 70.1 cm³/mol. The third-order valence-corrected chi connectivity index (χ3v) is 2.65. The van der Waals surface area contributed by atoms with E-state index < -0.39 is 23.1 Å². The molecule has 0 saturated carbocycles. The molecule has 0 fully saturated rings. The number of carbonyl (C=O) groups is 2. The maximum absolute atomic E-state index is 11.7. The van der Waals surface area contributed by atoms with Crippen molar-refractivity contribution in [3.63, 3.8) is 0 Å². The fourth-order valence-corrected chi connectivity index (χ4v) is 1.57. The van der Waals surface area contributed by atoms with Crippen LogP contribution in [0.3, 0.4) is 0 Å². The van der Waals surface area contributed by atoms with Crippen LogP contribution in [0.15, 0.2) is 27.9 Å². The van der Waals surface area contributed by atoms with Crippen LogP contribution in [-0.4, -0.2) is 36.3 Å². The Hall–Kier alpha value is -3.17. The maximum Gasteiger partial charge on any atom is 0.353 e. The first kappa shape index (κ1) is 14.2. The second-order valence-electron chi connectivity index (χ2n) is 4.14. The molecule has 110 valence electrons. The van der Waals surface area contributed by atoms with Crippen molar-refractivity contribution < 1.29 is 14.7 Å². The Balaban J connectivity index is 2.11. The second-order valence-corrected chi connectivity index (χ2v) is 4.14. The van der Waals surface area contributed by atoms with Gasteiger partial charge in [0.15, 0.2) is 5.82 Å². The fraction of sp³-hybridized carbons (Fsp3) is 0.182. The number of carbonyl (C=O) groups excluding carboxylic acids is 1. The van der Waals surface area contributed by atoms with E-state index in [0.717, 1.165) is 21.3 Å². The lowest BCUT2D eigenvalue weighted by molar-refractivity contribution is -0.116. The van der Waals surface area contributed by atoms with Crippen LogP contribution in [-0.2, 0) is 18.4 Å². The molecule has 0 spiro atoms. The first-order valence-electron chi connectivity index (χ1n) is 5.73. The average Bonchev–Trinajstić information content (AvgIpc) is 2.88. The number of carboxylic acids is 1. The van der Waals surface area contributed by atoms with E-state index in [1.807, 2.05) is 0 Å². The fourth-order valence-electron chi connectivity index (χ4n) is 1.57. The van der Waals surface area contributed by atoms with Crippen LogP contribution in [0.25, 0.3) is 0 Å². The highest BCUT2D eigenvalue weighted by Crippen LogP contribution is 2.04. The van der Waals surface area contributed by atoms with Gasteiger partial charge in [0.05, 0.1) is 0 Å². The van der Waals surface area contributed by atoms with E-state index in [0.29, 0.717) is 0 Å². The maximum atomic E-state index is 11.7. The van der Waals surface area contributed by atoms with Gasteiger partial charge in [-0.15, -0.1) is 0 Å². The normalized spacial score (nSPS) is 10.3. The van der Waals surface area contributed by atoms with Gasteiger partial charge >= 0.3 is 11.7 Å². The number of carboxylic acid groups (broad SMARTS) is 1. The summed E-state index contributed by atoms with van der Waals surface area (Å²) in [5.74, 6) is -1.77. The summed E-state index contributed by atoms with van der Waals surface area (Å²) in [7, 11) is 1.30. The highest BCUT2D eigenvalue weighted by Gasteiger charge is 2.11. The molecule has 2 aromatic heterocycles. The molecule has 10 nitrogen and oxygen atoms in total. The number of amides is 1. The van der Waals surface area contributed by atoms with Crippen LogP contribution >= 0.6 is 0 Å². The molecule has 0 aromatic carbocycles. The summed E-state index contributed by atoms with van der Waals surface area (Å²) in [6, 6.07) is 2.30. The molecular weight excluding hydrogens is 282 g/mol. The second kappa shape index (κ2) is 5.45. The van der Waals surface area contributed by atoms with E-state index in [4.69, 9.17) is 5.11 Å². The molecule has 0 radical (unpaired) electrons. The lowest BCUT2D eigenvalue weighted by Gasteiger charge is -2.06. The van der Waals surface area contributed by atoms with Crippen LogP contribution < -0.4 is 16.6 Å². The summed E-state index contributed by atoms with van der Waals surface area (Å²) >= 11 is 0. The highest BCUT2D eigenvalue weighted by atomic mass is 16.4. The lowest BCUT2D eigenvalue weighted by atomic mass is 10.4. The number of nitrogens with zero attached hydrogens (tertiary/aromatic N) is 3. The molecular formula is C11H11N5O5. The van der Waals surface area contributed by atoms with Gasteiger partial charge in [-0.25, -0.2) is 9.59 Å². The molecule has 21 heavy (non-hydrogen) atoms. The van der Waals surface area contributed by atoms with Crippen LogP contribution in [0, 0.1) is 0 Å². The minimum Gasteiger partial charge on any atom is -0.477 e. The van der Waals surface area contributed by atoms with E-state index in [1.165, 1.54) is 13.2 Å². The number of aromatic carboxylic acids is 1. The smallest absolute Gasteiger partial charge is 0.353 e. The van der Waals surface area contributed by atoms with Crippen molar-refractivity contribution in [1.29, 1.82) is 0 Å². The Bertz CT molecular complexity index is 815. The Labute approximate surface area is 116 Å². The molecule has 1 amide bonds. The van der Waals surface area contributed by atoms with E-state index in [1.54, 1.807) is 0 Å². The Morgan fingerprint density at radius 3 is 2.76 bits per heavy atom. The van der Waals surface area contributed by atoms with E-state index in [9.17, 15) is 19.2 Å². The molecule has 0 bridgehead atoms. The number of nitrogens with one attached hydrogen (secondary N) is 2. The number of H-pyrrole nitrogens is 1. The zero-order valence-corrected chi connectivity index (χ0v) is 10.9. The minimum atomic E-state index is -1.21. The van der Waals surface area contributed by atoms with Crippen molar-refractivity contribution in [1.82, 2.24) is 19.3 Å². The summed E-state index contributed by atoms with van der Waals surface area (Å²) in [5.41, 5.74) is -1.29. The number of aromatic amines is 1. The van der Waals surface area contributed by atoms with Crippen LogP contribution in [0.5, 0.6) is 0 Å². The highest BCUT2D eigenvalue weighted by molar-refractivity contribution is 5.92. The van der Waals surface area contributed by atoms with Gasteiger partial charge < -0.3 is 10.4 Å². The number of hydrogen-bond acceptors (Lipinski definition) is 5. The minimum absolute atomic E-state index is 0.0234. The van der Waals surface area contributed by atoms with Gasteiger partial charge in [0.2, 0.25) is 5.91 Å². The molecule has 0 atom stereocenters. The summed E-state index contributed by atoms with van der Waals surface area (Å²) in [4.78, 5) is 45.3. The van der Waals surface area contributed by atoms with Crippen molar-refractivity contribution in [2.24, 2.45) is 7.05 Å². The Morgan fingerprint density at radius 2 is 2.14 bits per heavy atom. The monoisotopic (exact) mass is 293 g/mol. The van der Waals surface area contributed by atoms with Crippen molar-refractivity contribution in [3.8, 4) is 0 Å². The standard InChI is InChI=1S/C11H11N5O5/c1-15-9(18)2-3-16(11(15)21)5-8(17)12-7-4-6(10(19)20)13-14-7/h2-4H,5H2,1H3,(H,19,20)(H2,12,13,14,17). The van der Waals surface area contributed by atoms with Crippen molar-refractivity contribution in [2.45, 2.75) is 6.54 Å². The summed E-state index contributed by atoms with van der Waals surface area (Å²) in [6.45, 7) is -0.331. The van der Waals surface area contributed by atoms with Crippen LogP contribution in [0.4, 0.5) is 5.82 Å². The van der Waals surface area contributed by atoms with Crippen LogP contribution in [0.1, 0.15) is 10.5 Å². The predicted octanol–water partition coefficient (Wildman–Crippen LogP) is -1.39. The average molecular weight is 293 g/mol. The number of hydrogen-bond donors (Lipinski definition) is 3. The number of anilines is 1. The van der Waals surface area contributed by atoms with Gasteiger partial charge in [-0.3, -0.25) is 23.8 Å². The largest absolute Gasteiger partial charge is 0.477 e. The van der Waals surface area contributed by atoms with Gasteiger partial charge in [0.25, 0.3) is 5.56 Å². The topological polar surface area (TPSA) is 139 Å². The number of aromatic nitrogens is 4. The quantitative estimate of drug-likeness (QED) is 0.634. The lowest BCUT2D eigenvalue weighted by Crippen LogP contribution is -2.38. The van der Waals surface area contributed by atoms with Gasteiger partial charge in [-0.1, -0.05) is 0 Å². The Kier molecular flexibility index (Phi) is 3.69. The summed E-state index contributed by atoms with van der Waals surface area (Å²) < 4.78 is 1.91. The zero-order chi connectivity index (χ0) is 15.6. The summed E-state index contributed by atoms with van der Waals surface area (Å²) in [5, 5.41) is 16.9. The number of rotatable bonds is 4. The first-order valence-corrected chi connectivity index (χ1v) is 5.73. The van der Waals surface area contributed by atoms with Gasteiger partial charge in [-0.05, 0) is 0 Å². The van der Waals surface area contributed by atoms with Crippen LogP contribution in [0.2, 0.25) is 0 Å². The molecule has 3 N–H and O–H groups in total. The molecule has 0 aliphatic rings. The first-order chi connectivity index (χ1) is 9.88. The molecule has 0 unspecified atom stereocenters. The molecule has 10 heteroatoms. The zero-order valence-electron chi connectivity index (χ0n) is 10.9. The third-order valence-electron chi connectivity index (χ3n) is 2.65. The SMILES string of the molecule is Cn1c(=O)ccn(CC(=O)Nc2cc(C(=O)O)[nH]n2)c1=O.